The summed E-state index contributed by atoms with van der Waals surface area (Å²) in [5.41, 5.74) is 0. The summed E-state index contributed by atoms with van der Waals surface area (Å²) in [7, 11) is 0. The molecule has 0 bridgehead atoms. The van der Waals surface area contributed by atoms with E-state index in [0.29, 0.717) is 32.7 Å². The van der Waals surface area contributed by atoms with Crippen LogP contribution in [0.5, 0.6) is 0 Å². The van der Waals surface area contributed by atoms with Crippen LogP contribution in [0, 0.1) is 0 Å². The molecular weight excluding hydrogens is 446 g/mol. The second-order valence-corrected chi connectivity index (χ2v) is 10.3. The summed E-state index contributed by atoms with van der Waals surface area (Å²) in [6.45, 7) is 6.65. The van der Waals surface area contributed by atoms with E-state index in [1.54, 1.807) is 0 Å². The average molecular weight is 500 g/mol. The van der Waals surface area contributed by atoms with Gasteiger partial charge in [0.2, 0.25) is 0 Å². The van der Waals surface area contributed by atoms with E-state index < -0.39 is 6.09 Å². The number of carbonyl (C=O) groups is 1. The zero-order valence-electron chi connectivity index (χ0n) is 22.6. The lowest BCUT2D eigenvalue weighted by atomic mass is 10.1. The van der Waals surface area contributed by atoms with Gasteiger partial charge in [-0.1, -0.05) is 104 Å². The lowest BCUT2D eigenvalue weighted by Crippen LogP contribution is -2.32. The molecule has 0 aromatic carbocycles. The van der Waals surface area contributed by atoms with Gasteiger partial charge in [0.15, 0.2) is 12.6 Å². The van der Waals surface area contributed by atoms with Gasteiger partial charge in [0, 0.05) is 19.6 Å². The lowest BCUT2D eigenvalue weighted by Gasteiger charge is -2.23. The molecule has 2 unspecified atom stereocenters. The minimum atomic E-state index is -0.913. The van der Waals surface area contributed by atoms with Crippen molar-refractivity contribution in [1.82, 2.24) is 4.90 Å². The molecule has 2 aliphatic rings. The number of nitrogens with zero attached hydrogens (tertiary/aromatic N) is 1. The molecule has 2 atom stereocenters. The number of ether oxygens (including phenoxy) is 4. The monoisotopic (exact) mass is 499 g/mol. The normalized spacial score (nSPS) is 21.8. The smallest absolute Gasteiger partial charge is 0.407 e. The lowest BCUT2D eigenvalue weighted by molar-refractivity contribution is -0.190. The first-order valence-corrected chi connectivity index (χ1v) is 14.7. The van der Waals surface area contributed by atoms with Gasteiger partial charge in [-0.2, -0.15) is 0 Å². The summed E-state index contributed by atoms with van der Waals surface area (Å²) in [5, 5.41) is 9.18. The maximum absolute atomic E-state index is 11.2. The Morgan fingerprint density at radius 2 is 1.14 bits per heavy atom. The van der Waals surface area contributed by atoms with Crippen LogP contribution in [0.4, 0.5) is 4.79 Å². The molecule has 0 aromatic heterocycles. The van der Waals surface area contributed by atoms with Crippen LogP contribution in [0.2, 0.25) is 0 Å². The number of fused-ring (bicyclic) bond motifs is 1. The molecule has 35 heavy (non-hydrogen) atoms. The molecule has 7 heteroatoms. The van der Waals surface area contributed by atoms with Gasteiger partial charge in [0.1, 0.15) is 12.2 Å². The van der Waals surface area contributed by atoms with Gasteiger partial charge in [-0.25, -0.2) is 4.79 Å². The zero-order chi connectivity index (χ0) is 25.1. The Bertz CT molecular complexity index is 498. The fourth-order valence-electron chi connectivity index (χ4n) is 4.94. The maximum atomic E-state index is 11.2. The second kappa shape index (κ2) is 19.3. The Hall–Kier alpha value is -0.890. The van der Waals surface area contributed by atoms with E-state index in [9.17, 15) is 9.90 Å². The number of rotatable bonds is 22. The van der Waals surface area contributed by atoms with Crippen LogP contribution in [0.1, 0.15) is 123 Å². The average Bonchev–Trinajstić information content (AvgIpc) is 3.41. The van der Waals surface area contributed by atoms with Crippen LogP contribution < -0.4 is 0 Å². The van der Waals surface area contributed by atoms with Crippen LogP contribution in [-0.4, -0.2) is 67.2 Å². The van der Waals surface area contributed by atoms with E-state index in [1.165, 1.54) is 94.8 Å². The molecule has 0 aromatic rings. The minimum absolute atomic E-state index is 0.183. The van der Waals surface area contributed by atoms with Gasteiger partial charge in [-0.15, -0.1) is 0 Å². The summed E-state index contributed by atoms with van der Waals surface area (Å²) in [5.74, 6) is 0. The highest BCUT2D eigenvalue weighted by atomic mass is 16.7. The fourth-order valence-corrected chi connectivity index (χ4v) is 4.94. The number of hydrogen-bond acceptors (Lipinski definition) is 5. The summed E-state index contributed by atoms with van der Waals surface area (Å²) in [6.07, 6.45) is 18.9. The first kappa shape index (κ1) is 30.3. The standard InChI is InChI=1S/C28H53NO6/c1-3-5-7-9-11-13-15-17-19-32-26(33-20-18-16-14-12-10-8-6-4-2)21-27-34-24-22-29(28(30)31)23-25(24)35-27/h24-27H,3-23H2,1-2H3,(H,30,31). The molecule has 2 saturated heterocycles. The Morgan fingerprint density at radius 3 is 1.54 bits per heavy atom. The highest BCUT2D eigenvalue weighted by Gasteiger charge is 2.45. The van der Waals surface area contributed by atoms with E-state index in [2.05, 4.69) is 13.8 Å². The number of likely N-dealkylation sites (tertiary alicyclic amines) is 1. The summed E-state index contributed by atoms with van der Waals surface area (Å²) in [6, 6.07) is 0. The molecule has 7 nitrogen and oxygen atoms in total. The molecule has 2 fully saturated rings. The van der Waals surface area contributed by atoms with Crippen LogP contribution in [0.3, 0.4) is 0 Å². The largest absolute Gasteiger partial charge is 0.465 e. The van der Waals surface area contributed by atoms with Crippen molar-refractivity contribution in [2.24, 2.45) is 0 Å². The Morgan fingerprint density at radius 1 is 0.743 bits per heavy atom. The van der Waals surface area contributed by atoms with Gasteiger partial charge in [-0.3, -0.25) is 0 Å². The molecule has 2 aliphatic heterocycles. The molecule has 206 valence electrons. The van der Waals surface area contributed by atoms with Crippen LogP contribution in [-0.2, 0) is 18.9 Å². The molecule has 0 aliphatic carbocycles. The Balaban J connectivity index is 1.62. The zero-order valence-corrected chi connectivity index (χ0v) is 22.6. The summed E-state index contributed by atoms with van der Waals surface area (Å²) < 4.78 is 24.2. The third kappa shape index (κ3) is 13.3. The molecule has 1 amide bonds. The van der Waals surface area contributed by atoms with Crippen molar-refractivity contribution >= 4 is 6.09 Å². The van der Waals surface area contributed by atoms with Crippen molar-refractivity contribution in [1.29, 1.82) is 0 Å². The third-order valence-electron chi connectivity index (χ3n) is 7.13. The highest BCUT2D eigenvalue weighted by molar-refractivity contribution is 5.65. The van der Waals surface area contributed by atoms with Crippen molar-refractivity contribution in [3.8, 4) is 0 Å². The second-order valence-electron chi connectivity index (χ2n) is 10.3. The van der Waals surface area contributed by atoms with Gasteiger partial charge in [-0.05, 0) is 12.8 Å². The van der Waals surface area contributed by atoms with Crippen LogP contribution in [0.15, 0.2) is 0 Å². The molecular formula is C28H53NO6. The quantitative estimate of drug-likeness (QED) is 0.126. The molecule has 1 N–H and O–H groups in total. The first-order valence-electron chi connectivity index (χ1n) is 14.7. The van der Waals surface area contributed by atoms with Crippen molar-refractivity contribution < 1.29 is 28.8 Å². The predicted octanol–water partition coefficient (Wildman–Crippen LogP) is 7.12. The molecule has 0 saturated carbocycles. The molecule has 2 rings (SSSR count). The van der Waals surface area contributed by atoms with Gasteiger partial charge < -0.3 is 29.0 Å². The fraction of sp³-hybridized carbons (Fsp3) is 0.964. The van der Waals surface area contributed by atoms with E-state index in [-0.39, 0.29) is 24.8 Å². The Labute approximate surface area is 214 Å². The van der Waals surface area contributed by atoms with Crippen molar-refractivity contribution in [3.05, 3.63) is 0 Å². The third-order valence-corrected chi connectivity index (χ3v) is 7.13. The van der Waals surface area contributed by atoms with E-state index in [4.69, 9.17) is 18.9 Å². The predicted molar refractivity (Wildman–Crippen MR) is 139 cm³/mol. The minimum Gasteiger partial charge on any atom is -0.465 e. The van der Waals surface area contributed by atoms with Gasteiger partial charge in [0.05, 0.1) is 13.1 Å². The van der Waals surface area contributed by atoms with Gasteiger partial charge >= 0.3 is 6.09 Å². The van der Waals surface area contributed by atoms with Crippen molar-refractivity contribution in [3.63, 3.8) is 0 Å². The van der Waals surface area contributed by atoms with Crippen LogP contribution in [0.25, 0.3) is 0 Å². The number of unbranched alkanes of at least 4 members (excludes halogenated alkanes) is 14. The van der Waals surface area contributed by atoms with Crippen molar-refractivity contribution in [2.45, 2.75) is 148 Å². The molecule has 0 radical (unpaired) electrons. The van der Waals surface area contributed by atoms with E-state index in [1.807, 2.05) is 0 Å². The summed E-state index contributed by atoms with van der Waals surface area (Å²) >= 11 is 0. The number of carboxylic acid groups (broad SMARTS) is 1. The van der Waals surface area contributed by atoms with E-state index in [0.717, 1.165) is 12.8 Å². The topological polar surface area (TPSA) is 77.5 Å². The molecule has 0 spiro atoms. The Kier molecular flexibility index (Phi) is 16.7. The number of hydrogen-bond donors (Lipinski definition) is 1. The maximum Gasteiger partial charge on any atom is 0.407 e. The number of amides is 1. The molecule has 2 heterocycles. The summed E-state index contributed by atoms with van der Waals surface area (Å²) in [4.78, 5) is 12.5. The van der Waals surface area contributed by atoms with E-state index >= 15 is 0 Å². The van der Waals surface area contributed by atoms with Gasteiger partial charge in [0.25, 0.3) is 0 Å². The van der Waals surface area contributed by atoms with Crippen LogP contribution >= 0.6 is 0 Å². The first-order chi connectivity index (χ1) is 17.1. The highest BCUT2D eigenvalue weighted by Crippen LogP contribution is 2.29. The van der Waals surface area contributed by atoms with Crippen molar-refractivity contribution in [2.75, 3.05) is 26.3 Å². The SMILES string of the molecule is CCCCCCCCCCOC(CC1OC2CN(C(=O)O)CC2O1)OCCCCCCCCCC.